The first-order chi connectivity index (χ1) is 12.1. The second-order valence-electron chi connectivity index (χ2n) is 8.27. The molecule has 1 N–H and O–H groups in total. The quantitative estimate of drug-likeness (QED) is 0.737. The van der Waals surface area contributed by atoms with E-state index in [0.717, 1.165) is 24.9 Å². The summed E-state index contributed by atoms with van der Waals surface area (Å²) < 4.78 is 0. The standard InChI is InChI=1S/C23H35NO/c1-3-21-19(2)11-10-14-22(21)23(25,20-12-6-4-7-13-20)15-18-24-16-8-5-9-17-24/h3-4,6-7,12-13,19,21-22,25H,1,5,8-11,14-18H2,2H3/t19?,21?,22?,23-/m1/s1. The highest BCUT2D eigenvalue weighted by molar-refractivity contribution is 5.24. The van der Waals surface area contributed by atoms with E-state index in [1.54, 1.807) is 0 Å². The van der Waals surface area contributed by atoms with Gasteiger partial charge in [-0.15, -0.1) is 6.58 Å². The number of hydrogen-bond donors (Lipinski definition) is 1. The van der Waals surface area contributed by atoms with Crippen molar-refractivity contribution < 1.29 is 5.11 Å². The predicted octanol–water partition coefficient (Wildman–Crippen LogP) is 4.99. The summed E-state index contributed by atoms with van der Waals surface area (Å²) in [5.41, 5.74) is 0.352. The second-order valence-corrected chi connectivity index (χ2v) is 8.27. The van der Waals surface area contributed by atoms with Crippen molar-refractivity contribution in [2.24, 2.45) is 17.8 Å². The van der Waals surface area contributed by atoms with Gasteiger partial charge < -0.3 is 10.0 Å². The molecule has 1 saturated heterocycles. The van der Waals surface area contributed by atoms with E-state index in [1.165, 1.54) is 45.2 Å². The average Bonchev–Trinajstić information content (AvgIpc) is 2.67. The maximum atomic E-state index is 12.0. The summed E-state index contributed by atoms with van der Waals surface area (Å²) in [7, 11) is 0. The number of piperidine rings is 1. The Morgan fingerprint density at radius 1 is 1.12 bits per heavy atom. The average molecular weight is 342 g/mol. The van der Waals surface area contributed by atoms with E-state index in [9.17, 15) is 5.11 Å². The Morgan fingerprint density at radius 2 is 1.84 bits per heavy atom. The summed E-state index contributed by atoms with van der Waals surface area (Å²) in [6, 6.07) is 10.4. The molecule has 2 aliphatic rings. The van der Waals surface area contributed by atoms with E-state index in [-0.39, 0.29) is 5.92 Å². The highest BCUT2D eigenvalue weighted by Crippen LogP contribution is 2.47. The summed E-state index contributed by atoms with van der Waals surface area (Å²) in [6.07, 6.45) is 10.5. The first-order valence-electron chi connectivity index (χ1n) is 10.3. The smallest absolute Gasteiger partial charge is 0.0942 e. The van der Waals surface area contributed by atoms with E-state index in [0.29, 0.717) is 11.8 Å². The molecule has 1 saturated carbocycles. The van der Waals surface area contributed by atoms with Gasteiger partial charge in [0, 0.05) is 6.54 Å². The number of aliphatic hydroxyl groups is 1. The van der Waals surface area contributed by atoms with Crippen LogP contribution in [-0.4, -0.2) is 29.6 Å². The molecule has 1 aliphatic heterocycles. The van der Waals surface area contributed by atoms with Crippen LogP contribution in [0.3, 0.4) is 0 Å². The van der Waals surface area contributed by atoms with Crippen molar-refractivity contribution in [1.82, 2.24) is 4.90 Å². The van der Waals surface area contributed by atoms with Crippen LogP contribution in [0.1, 0.15) is 57.4 Å². The van der Waals surface area contributed by atoms with Gasteiger partial charge in [-0.3, -0.25) is 0 Å². The fraction of sp³-hybridized carbons (Fsp3) is 0.652. The van der Waals surface area contributed by atoms with Crippen LogP contribution >= 0.6 is 0 Å². The molecule has 2 nitrogen and oxygen atoms in total. The minimum atomic E-state index is -0.744. The molecule has 0 radical (unpaired) electrons. The third-order valence-corrected chi connectivity index (χ3v) is 6.71. The molecule has 3 rings (SSSR count). The molecule has 25 heavy (non-hydrogen) atoms. The number of rotatable bonds is 6. The van der Waals surface area contributed by atoms with Gasteiger partial charge in [-0.2, -0.15) is 0 Å². The van der Waals surface area contributed by atoms with Crippen LogP contribution < -0.4 is 0 Å². The molecule has 1 aromatic carbocycles. The van der Waals surface area contributed by atoms with Crippen LogP contribution in [0.15, 0.2) is 43.0 Å². The lowest BCUT2D eigenvalue weighted by Gasteiger charge is -2.46. The lowest BCUT2D eigenvalue weighted by Crippen LogP contribution is -2.45. The first kappa shape index (κ1) is 18.7. The van der Waals surface area contributed by atoms with E-state index >= 15 is 0 Å². The summed E-state index contributed by atoms with van der Waals surface area (Å²) in [4.78, 5) is 2.55. The topological polar surface area (TPSA) is 23.5 Å². The van der Waals surface area contributed by atoms with Crippen molar-refractivity contribution in [3.05, 3.63) is 48.6 Å². The Balaban J connectivity index is 1.84. The van der Waals surface area contributed by atoms with Crippen molar-refractivity contribution in [2.45, 2.75) is 57.5 Å². The van der Waals surface area contributed by atoms with Crippen molar-refractivity contribution in [3.63, 3.8) is 0 Å². The molecule has 0 spiro atoms. The third-order valence-electron chi connectivity index (χ3n) is 6.71. The van der Waals surface area contributed by atoms with Gasteiger partial charge in [-0.05, 0) is 62.1 Å². The molecule has 1 heterocycles. The predicted molar refractivity (Wildman–Crippen MR) is 105 cm³/mol. The Kier molecular flexibility index (Phi) is 6.35. The largest absolute Gasteiger partial charge is 0.385 e. The zero-order chi connectivity index (χ0) is 17.7. The van der Waals surface area contributed by atoms with Crippen LogP contribution in [-0.2, 0) is 5.60 Å². The number of likely N-dealkylation sites (tertiary alicyclic amines) is 1. The summed E-state index contributed by atoms with van der Waals surface area (Å²) in [5, 5.41) is 12.0. The molecule has 0 amide bonds. The van der Waals surface area contributed by atoms with Crippen molar-refractivity contribution in [1.29, 1.82) is 0 Å². The highest BCUT2D eigenvalue weighted by Gasteiger charge is 2.44. The van der Waals surface area contributed by atoms with Crippen LogP contribution in [0, 0.1) is 17.8 Å². The van der Waals surface area contributed by atoms with Gasteiger partial charge in [0.1, 0.15) is 0 Å². The van der Waals surface area contributed by atoms with Crippen LogP contribution in [0.2, 0.25) is 0 Å². The molecule has 138 valence electrons. The summed E-state index contributed by atoms with van der Waals surface area (Å²) >= 11 is 0. The Hall–Kier alpha value is -1.12. The van der Waals surface area contributed by atoms with E-state index in [4.69, 9.17) is 0 Å². The zero-order valence-electron chi connectivity index (χ0n) is 15.9. The number of benzene rings is 1. The Labute approximate surface area is 153 Å². The zero-order valence-corrected chi connectivity index (χ0v) is 15.9. The first-order valence-corrected chi connectivity index (χ1v) is 10.3. The van der Waals surface area contributed by atoms with Gasteiger partial charge in [0.25, 0.3) is 0 Å². The molecule has 1 aromatic rings. The fourth-order valence-corrected chi connectivity index (χ4v) is 5.18. The van der Waals surface area contributed by atoms with Gasteiger partial charge in [-0.25, -0.2) is 0 Å². The maximum Gasteiger partial charge on any atom is 0.0942 e. The monoisotopic (exact) mass is 341 g/mol. The minimum Gasteiger partial charge on any atom is -0.385 e. The van der Waals surface area contributed by atoms with Crippen LogP contribution in [0.4, 0.5) is 0 Å². The van der Waals surface area contributed by atoms with Gasteiger partial charge in [0.15, 0.2) is 0 Å². The van der Waals surface area contributed by atoms with Crippen molar-refractivity contribution in [3.8, 4) is 0 Å². The van der Waals surface area contributed by atoms with E-state index in [1.807, 2.05) is 6.07 Å². The third kappa shape index (κ3) is 4.17. The normalized spacial score (nSPS) is 30.6. The van der Waals surface area contributed by atoms with Gasteiger partial charge in [-0.1, -0.05) is 62.6 Å². The molecule has 3 unspecified atom stereocenters. The molecule has 1 aliphatic carbocycles. The van der Waals surface area contributed by atoms with Gasteiger partial charge in [0.05, 0.1) is 5.60 Å². The van der Waals surface area contributed by atoms with Crippen molar-refractivity contribution in [2.75, 3.05) is 19.6 Å². The van der Waals surface area contributed by atoms with Crippen LogP contribution in [0.25, 0.3) is 0 Å². The highest BCUT2D eigenvalue weighted by atomic mass is 16.3. The second kappa shape index (κ2) is 8.51. The minimum absolute atomic E-state index is 0.279. The SMILES string of the molecule is C=CC1C(C)CCCC1[C@@](O)(CCN1CCCCC1)c1ccccc1. The number of allylic oxidation sites excluding steroid dienone is 1. The molecule has 4 atom stereocenters. The molecular formula is C23H35NO. The lowest BCUT2D eigenvalue weighted by atomic mass is 9.63. The molecule has 0 aromatic heterocycles. The Morgan fingerprint density at radius 3 is 2.52 bits per heavy atom. The Bertz CT molecular complexity index is 536. The van der Waals surface area contributed by atoms with Crippen LogP contribution in [0.5, 0.6) is 0 Å². The summed E-state index contributed by atoms with van der Waals surface area (Å²) in [5.74, 6) is 1.29. The van der Waals surface area contributed by atoms with E-state index in [2.05, 4.69) is 48.7 Å². The maximum absolute atomic E-state index is 12.0. The lowest BCUT2D eigenvalue weighted by molar-refractivity contribution is -0.0761. The van der Waals surface area contributed by atoms with E-state index < -0.39 is 5.60 Å². The van der Waals surface area contributed by atoms with Gasteiger partial charge >= 0.3 is 0 Å². The molecule has 0 bridgehead atoms. The van der Waals surface area contributed by atoms with Crippen molar-refractivity contribution >= 4 is 0 Å². The fourth-order valence-electron chi connectivity index (χ4n) is 5.18. The molecular weight excluding hydrogens is 306 g/mol. The molecule has 2 heteroatoms. The number of hydrogen-bond acceptors (Lipinski definition) is 2. The molecule has 2 fully saturated rings. The summed E-state index contributed by atoms with van der Waals surface area (Å²) in [6.45, 7) is 9.83. The number of nitrogens with zero attached hydrogens (tertiary/aromatic N) is 1. The van der Waals surface area contributed by atoms with Gasteiger partial charge in [0.2, 0.25) is 0 Å².